The molecule has 1 fully saturated rings. The van der Waals surface area contributed by atoms with Gasteiger partial charge in [0.25, 0.3) is 5.91 Å². The lowest BCUT2D eigenvalue weighted by molar-refractivity contribution is -0.134. The van der Waals surface area contributed by atoms with Gasteiger partial charge in [-0.15, -0.1) is 0 Å². The maximum atomic E-state index is 12.3. The fourth-order valence-corrected chi connectivity index (χ4v) is 2.88. The maximum Gasteiger partial charge on any atom is 0.320 e. The number of piperazine rings is 1. The topological polar surface area (TPSA) is 53.1 Å². The second-order valence-electron chi connectivity index (χ2n) is 6.36. The highest BCUT2D eigenvalue weighted by Gasteiger charge is 2.26. The van der Waals surface area contributed by atoms with E-state index in [1.807, 2.05) is 50.8 Å². The van der Waals surface area contributed by atoms with E-state index in [-0.39, 0.29) is 18.5 Å². The summed E-state index contributed by atoms with van der Waals surface area (Å²) in [4.78, 5) is 30.1. The van der Waals surface area contributed by atoms with E-state index in [0.717, 1.165) is 5.56 Å². The third kappa shape index (κ3) is 4.87. The Kier molecular flexibility index (Phi) is 6.67. The number of amides is 3. The summed E-state index contributed by atoms with van der Waals surface area (Å²) in [6.45, 7) is 11.7. The Morgan fingerprint density at radius 3 is 2.16 bits per heavy atom. The molecule has 25 heavy (non-hydrogen) atoms. The molecule has 0 spiro atoms. The van der Waals surface area contributed by atoms with Gasteiger partial charge in [0, 0.05) is 39.3 Å². The summed E-state index contributed by atoms with van der Waals surface area (Å²) in [6, 6.07) is 5.88. The summed E-state index contributed by atoms with van der Waals surface area (Å²) in [5, 5.41) is 0. The minimum Gasteiger partial charge on any atom is -0.484 e. The lowest BCUT2D eigenvalue weighted by Gasteiger charge is -2.37. The Morgan fingerprint density at radius 1 is 1.00 bits per heavy atom. The van der Waals surface area contributed by atoms with Crippen LogP contribution in [0.3, 0.4) is 0 Å². The van der Waals surface area contributed by atoms with Crippen LogP contribution in [0, 0.1) is 13.8 Å². The minimum atomic E-state index is -0.0341. The first-order valence-corrected chi connectivity index (χ1v) is 8.98. The molecular weight excluding hydrogens is 318 g/mol. The number of hydrogen-bond acceptors (Lipinski definition) is 3. The van der Waals surface area contributed by atoms with E-state index in [0.29, 0.717) is 45.0 Å². The molecule has 0 radical (unpaired) electrons. The number of nitrogens with zero attached hydrogens (tertiary/aromatic N) is 3. The van der Waals surface area contributed by atoms with Crippen molar-refractivity contribution >= 4 is 11.9 Å². The van der Waals surface area contributed by atoms with Gasteiger partial charge in [-0.05, 0) is 51.0 Å². The quantitative estimate of drug-likeness (QED) is 0.821. The molecule has 1 aromatic carbocycles. The van der Waals surface area contributed by atoms with Gasteiger partial charge < -0.3 is 19.4 Å². The van der Waals surface area contributed by atoms with Crippen LogP contribution in [0.2, 0.25) is 0 Å². The number of rotatable bonds is 5. The van der Waals surface area contributed by atoms with Gasteiger partial charge in [-0.1, -0.05) is 6.07 Å². The molecule has 0 atom stereocenters. The second-order valence-corrected chi connectivity index (χ2v) is 6.36. The van der Waals surface area contributed by atoms with Crippen LogP contribution < -0.4 is 4.74 Å². The monoisotopic (exact) mass is 347 g/mol. The molecule has 138 valence electrons. The van der Waals surface area contributed by atoms with Crippen LogP contribution >= 0.6 is 0 Å². The summed E-state index contributed by atoms with van der Waals surface area (Å²) in [7, 11) is 0. The van der Waals surface area contributed by atoms with Crippen molar-refractivity contribution in [3.63, 3.8) is 0 Å². The van der Waals surface area contributed by atoms with E-state index in [1.54, 1.807) is 9.80 Å². The number of benzene rings is 1. The van der Waals surface area contributed by atoms with Gasteiger partial charge in [0.2, 0.25) is 0 Å². The Balaban J connectivity index is 1.81. The Labute approximate surface area is 150 Å². The SMILES string of the molecule is CCN(CC)C(=O)N1CCN(C(=O)COc2ccc(C)c(C)c2)CC1. The lowest BCUT2D eigenvalue weighted by Crippen LogP contribution is -2.54. The third-order valence-electron chi connectivity index (χ3n) is 4.78. The van der Waals surface area contributed by atoms with E-state index in [4.69, 9.17) is 4.74 Å². The fraction of sp³-hybridized carbons (Fsp3) is 0.579. The molecule has 3 amide bonds. The van der Waals surface area contributed by atoms with E-state index < -0.39 is 0 Å². The summed E-state index contributed by atoms with van der Waals surface area (Å²) in [6.07, 6.45) is 0. The normalized spacial score (nSPS) is 14.4. The predicted octanol–water partition coefficient (Wildman–Crippen LogP) is 2.29. The second kappa shape index (κ2) is 8.74. The van der Waals surface area contributed by atoms with Crippen molar-refractivity contribution in [3.05, 3.63) is 29.3 Å². The Bertz CT molecular complexity index is 606. The van der Waals surface area contributed by atoms with Crippen LogP contribution in [0.5, 0.6) is 5.75 Å². The Morgan fingerprint density at radius 2 is 1.60 bits per heavy atom. The van der Waals surface area contributed by atoms with Crippen molar-refractivity contribution in [2.75, 3.05) is 45.9 Å². The van der Waals surface area contributed by atoms with Crippen molar-refractivity contribution < 1.29 is 14.3 Å². The summed E-state index contributed by atoms with van der Waals surface area (Å²) >= 11 is 0. The first kappa shape index (κ1) is 19.1. The highest BCUT2D eigenvalue weighted by Crippen LogP contribution is 2.16. The van der Waals surface area contributed by atoms with Crippen LogP contribution in [-0.2, 0) is 4.79 Å². The maximum absolute atomic E-state index is 12.3. The molecule has 0 bridgehead atoms. The number of carbonyl (C=O) groups is 2. The number of ether oxygens (including phenoxy) is 1. The number of urea groups is 1. The molecule has 1 aliphatic heterocycles. The van der Waals surface area contributed by atoms with Gasteiger partial charge in [0.15, 0.2) is 6.61 Å². The van der Waals surface area contributed by atoms with Gasteiger partial charge in [-0.25, -0.2) is 4.79 Å². The average Bonchev–Trinajstić information content (AvgIpc) is 2.63. The number of carbonyl (C=O) groups excluding carboxylic acids is 2. The van der Waals surface area contributed by atoms with Crippen molar-refractivity contribution in [2.45, 2.75) is 27.7 Å². The first-order chi connectivity index (χ1) is 12.0. The highest BCUT2D eigenvalue weighted by molar-refractivity contribution is 5.79. The van der Waals surface area contributed by atoms with Crippen molar-refractivity contribution in [3.8, 4) is 5.75 Å². The lowest BCUT2D eigenvalue weighted by atomic mass is 10.1. The summed E-state index contributed by atoms with van der Waals surface area (Å²) in [5.74, 6) is 0.681. The number of aryl methyl sites for hydroxylation is 2. The number of hydrogen-bond donors (Lipinski definition) is 0. The molecule has 1 aromatic rings. The van der Waals surface area contributed by atoms with Crippen LogP contribution in [0.25, 0.3) is 0 Å². The van der Waals surface area contributed by atoms with Gasteiger partial charge in [-0.2, -0.15) is 0 Å². The molecule has 6 nitrogen and oxygen atoms in total. The third-order valence-corrected chi connectivity index (χ3v) is 4.78. The van der Waals surface area contributed by atoms with Crippen LogP contribution in [0.1, 0.15) is 25.0 Å². The smallest absolute Gasteiger partial charge is 0.320 e. The van der Waals surface area contributed by atoms with Gasteiger partial charge in [0.05, 0.1) is 0 Å². The molecule has 2 rings (SSSR count). The van der Waals surface area contributed by atoms with Crippen molar-refractivity contribution in [1.82, 2.24) is 14.7 Å². The zero-order valence-electron chi connectivity index (χ0n) is 15.7. The first-order valence-electron chi connectivity index (χ1n) is 8.98. The van der Waals surface area contributed by atoms with E-state index in [1.165, 1.54) is 5.56 Å². The molecule has 0 saturated carbocycles. The standard InChI is InChI=1S/C19H29N3O3/c1-5-20(6-2)19(24)22-11-9-21(10-12-22)18(23)14-25-17-8-7-15(3)16(4)13-17/h7-8,13H,5-6,9-12,14H2,1-4H3. The molecule has 1 heterocycles. The van der Waals surface area contributed by atoms with Crippen LogP contribution in [-0.4, -0.2) is 72.5 Å². The molecule has 0 N–H and O–H groups in total. The predicted molar refractivity (Wildman–Crippen MR) is 97.9 cm³/mol. The highest BCUT2D eigenvalue weighted by atomic mass is 16.5. The van der Waals surface area contributed by atoms with Crippen molar-refractivity contribution in [1.29, 1.82) is 0 Å². The van der Waals surface area contributed by atoms with E-state index in [9.17, 15) is 9.59 Å². The largest absolute Gasteiger partial charge is 0.484 e. The zero-order chi connectivity index (χ0) is 18.4. The molecule has 0 aromatic heterocycles. The van der Waals surface area contributed by atoms with E-state index >= 15 is 0 Å². The van der Waals surface area contributed by atoms with Crippen LogP contribution in [0.4, 0.5) is 4.79 Å². The molecular formula is C19H29N3O3. The molecule has 0 aliphatic carbocycles. The minimum absolute atomic E-state index is 0.0341. The molecule has 6 heteroatoms. The summed E-state index contributed by atoms with van der Waals surface area (Å²) in [5.41, 5.74) is 2.35. The molecule has 1 aliphatic rings. The zero-order valence-corrected chi connectivity index (χ0v) is 15.7. The fourth-order valence-electron chi connectivity index (χ4n) is 2.88. The van der Waals surface area contributed by atoms with Crippen molar-refractivity contribution in [2.24, 2.45) is 0 Å². The van der Waals surface area contributed by atoms with Crippen LogP contribution in [0.15, 0.2) is 18.2 Å². The van der Waals surface area contributed by atoms with Gasteiger partial charge in [0.1, 0.15) is 5.75 Å². The molecule has 1 saturated heterocycles. The Hall–Kier alpha value is -2.24. The molecule has 0 unspecified atom stereocenters. The summed E-state index contributed by atoms with van der Waals surface area (Å²) < 4.78 is 5.62. The van der Waals surface area contributed by atoms with Gasteiger partial charge >= 0.3 is 6.03 Å². The average molecular weight is 347 g/mol. The van der Waals surface area contributed by atoms with Gasteiger partial charge in [-0.3, -0.25) is 4.79 Å². The van der Waals surface area contributed by atoms with E-state index in [2.05, 4.69) is 0 Å².